The molecule has 1 heterocycles. The first kappa shape index (κ1) is 15.8. The van der Waals surface area contributed by atoms with Gasteiger partial charge >= 0.3 is 0 Å². The highest BCUT2D eigenvalue weighted by atomic mass is 35.5. The van der Waals surface area contributed by atoms with Crippen LogP contribution >= 0.6 is 23.2 Å². The summed E-state index contributed by atoms with van der Waals surface area (Å²) >= 11 is 11.9. The number of halogens is 2. The number of nitrogens with zero attached hydrogens (tertiary/aromatic N) is 1. The summed E-state index contributed by atoms with van der Waals surface area (Å²) < 4.78 is 5.21. The highest BCUT2D eigenvalue weighted by molar-refractivity contribution is 6.42. The number of hydrogen-bond acceptors (Lipinski definition) is 3. The number of carbonyl (C=O) groups excluding carboxylic acids is 1. The van der Waals surface area contributed by atoms with E-state index in [1.54, 1.807) is 12.1 Å². The fourth-order valence-corrected chi connectivity index (χ4v) is 2.68. The Morgan fingerprint density at radius 1 is 1.22 bits per heavy atom. The average Bonchev–Trinajstić information content (AvgIpc) is 2.93. The van der Waals surface area contributed by atoms with Crippen molar-refractivity contribution in [2.75, 3.05) is 0 Å². The van der Waals surface area contributed by atoms with Gasteiger partial charge in [0.25, 0.3) is 0 Å². The Morgan fingerprint density at radius 2 is 2.00 bits per heavy atom. The molecule has 1 amide bonds. The summed E-state index contributed by atoms with van der Waals surface area (Å²) in [7, 11) is 0. The van der Waals surface area contributed by atoms with E-state index in [-0.39, 0.29) is 18.4 Å². The van der Waals surface area contributed by atoms with Gasteiger partial charge < -0.3 is 9.84 Å². The van der Waals surface area contributed by atoms with Crippen LogP contribution in [0.25, 0.3) is 11.0 Å². The number of carbonyl (C=O) groups is 1. The van der Waals surface area contributed by atoms with Crippen LogP contribution in [0.1, 0.15) is 24.2 Å². The number of amides is 1. The lowest BCUT2D eigenvalue weighted by atomic mass is 10.1. The van der Waals surface area contributed by atoms with E-state index in [2.05, 4.69) is 10.5 Å². The van der Waals surface area contributed by atoms with Crippen LogP contribution in [0, 0.1) is 0 Å². The fourth-order valence-electron chi connectivity index (χ4n) is 2.38. The summed E-state index contributed by atoms with van der Waals surface area (Å²) in [6.45, 7) is 1.89. The topological polar surface area (TPSA) is 55.1 Å². The van der Waals surface area contributed by atoms with Crippen molar-refractivity contribution in [2.24, 2.45) is 0 Å². The molecule has 23 heavy (non-hydrogen) atoms. The van der Waals surface area contributed by atoms with Gasteiger partial charge in [0.1, 0.15) is 5.69 Å². The first-order chi connectivity index (χ1) is 11.0. The van der Waals surface area contributed by atoms with Crippen LogP contribution in [0.15, 0.2) is 47.0 Å². The van der Waals surface area contributed by atoms with Gasteiger partial charge in [0.2, 0.25) is 5.91 Å². The van der Waals surface area contributed by atoms with Crippen molar-refractivity contribution in [3.8, 4) is 0 Å². The van der Waals surface area contributed by atoms with Crippen molar-refractivity contribution in [3.05, 3.63) is 63.8 Å². The van der Waals surface area contributed by atoms with Crippen molar-refractivity contribution in [2.45, 2.75) is 19.4 Å². The van der Waals surface area contributed by atoms with Crippen molar-refractivity contribution >= 4 is 40.1 Å². The lowest BCUT2D eigenvalue weighted by molar-refractivity contribution is -0.121. The van der Waals surface area contributed by atoms with Crippen molar-refractivity contribution in [3.63, 3.8) is 0 Å². The Hall–Kier alpha value is -2.04. The molecule has 0 aliphatic carbocycles. The molecule has 0 saturated carbocycles. The van der Waals surface area contributed by atoms with Crippen molar-refractivity contribution in [1.29, 1.82) is 0 Å². The molecular weight excluding hydrogens is 335 g/mol. The molecule has 6 heteroatoms. The van der Waals surface area contributed by atoms with Gasteiger partial charge in [0, 0.05) is 5.39 Å². The molecule has 0 spiro atoms. The molecule has 1 N–H and O–H groups in total. The van der Waals surface area contributed by atoms with Crippen LogP contribution in [-0.4, -0.2) is 11.1 Å². The van der Waals surface area contributed by atoms with Crippen LogP contribution in [0.4, 0.5) is 0 Å². The third kappa shape index (κ3) is 3.49. The summed E-state index contributed by atoms with van der Waals surface area (Å²) in [6, 6.07) is 12.6. The number of para-hydroxylation sites is 1. The molecule has 0 radical (unpaired) electrons. The standard InChI is InChI=1S/C17H14Cl2N2O2/c1-10(11-6-7-13(18)14(19)8-11)20-17(22)9-15-12-4-2-3-5-16(12)23-21-15/h2-8,10H,9H2,1H3,(H,20,22)/t10-/m1/s1. The molecule has 3 aromatic rings. The van der Waals surface area contributed by atoms with Crippen LogP contribution in [0.2, 0.25) is 10.0 Å². The summed E-state index contributed by atoms with van der Waals surface area (Å²) in [6.07, 6.45) is 0.155. The second-order valence-corrected chi connectivity index (χ2v) is 6.08. The molecule has 0 saturated heterocycles. The normalized spacial score (nSPS) is 12.3. The molecule has 3 rings (SSSR count). The quantitative estimate of drug-likeness (QED) is 0.752. The van der Waals surface area contributed by atoms with Crippen LogP contribution < -0.4 is 5.32 Å². The van der Waals surface area contributed by atoms with E-state index in [1.165, 1.54) is 0 Å². The summed E-state index contributed by atoms with van der Waals surface area (Å²) in [4.78, 5) is 12.2. The van der Waals surface area contributed by atoms with Crippen molar-refractivity contribution in [1.82, 2.24) is 10.5 Å². The van der Waals surface area contributed by atoms with Gasteiger partial charge in [-0.25, -0.2) is 0 Å². The van der Waals surface area contributed by atoms with Gasteiger partial charge in [-0.15, -0.1) is 0 Å². The molecule has 1 atom stereocenters. The molecule has 0 unspecified atom stereocenters. The zero-order valence-electron chi connectivity index (χ0n) is 12.3. The molecule has 1 aromatic heterocycles. The Kier molecular flexibility index (Phi) is 4.55. The number of nitrogens with one attached hydrogen (secondary N) is 1. The predicted molar refractivity (Wildman–Crippen MR) is 90.7 cm³/mol. The minimum absolute atomic E-state index is 0.136. The minimum atomic E-state index is -0.185. The highest BCUT2D eigenvalue weighted by Gasteiger charge is 2.15. The molecule has 118 valence electrons. The van der Waals surface area contributed by atoms with Gasteiger partial charge in [0.05, 0.1) is 22.5 Å². The largest absolute Gasteiger partial charge is 0.356 e. The van der Waals surface area contributed by atoms with Crippen LogP contribution in [0.3, 0.4) is 0 Å². The van der Waals surface area contributed by atoms with E-state index in [0.717, 1.165) is 10.9 Å². The van der Waals surface area contributed by atoms with E-state index in [0.29, 0.717) is 21.3 Å². The van der Waals surface area contributed by atoms with E-state index in [9.17, 15) is 4.79 Å². The monoisotopic (exact) mass is 348 g/mol. The SMILES string of the molecule is C[C@@H](NC(=O)Cc1noc2ccccc12)c1ccc(Cl)c(Cl)c1. The first-order valence-electron chi connectivity index (χ1n) is 7.12. The Morgan fingerprint density at radius 3 is 2.78 bits per heavy atom. The Balaban J connectivity index is 1.70. The number of aromatic nitrogens is 1. The molecule has 0 bridgehead atoms. The molecule has 2 aromatic carbocycles. The smallest absolute Gasteiger partial charge is 0.226 e. The van der Waals surface area contributed by atoms with Gasteiger partial charge in [-0.3, -0.25) is 4.79 Å². The van der Waals surface area contributed by atoms with E-state index >= 15 is 0 Å². The second kappa shape index (κ2) is 6.60. The number of benzene rings is 2. The zero-order chi connectivity index (χ0) is 16.4. The summed E-state index contributed by atoms with van der Waals surface area (Å²) in [5, 5.41) is 8.70. The van der Waals surface area contributed by atoms with Gasteiger partial charge in [-0.1, -0.05) is 46.6 Å². The van der Waals surface area contributed by atoms with E-state index in [1.807, 2.05) is 37.3 Å². The van der Waals surface area contributed by atoms with E-state index in [4.69, 9.17) is 27.7 Å². The maximum atomic E-state index is 12.2. The third-order valence-electron chi connectivity index (χ3n) is 3.60. The predicted octanol–water partition coefficient (Wildman–Crippen LogP) is 4.55. The molecular formula is C17H14Cl2N2O2. The van der Waals surface area contributed by atoms with Gasteiger partial charge in [-0.2, -0.15) is 0 Å². The number of rotatable bonds is 4. The molecule has 0 aliphatic heterocycles. The molecule has 0 fully saturated rings. The maximum Gasteiger partial charge on any atom is 0.226 e. The third-order valence-corrected chi connectivity index (χ3v) is 4.34. The fraction of sp³-hybridized carbons (Fsp3) is 0.176. The maximum absolute atomic E-state index is 12.2. The second-order valence-electron chi connectivity index (χ2n) is 5.26. The van der Waals surface area contributed by atoms with Gasteiger partial charge in [-0.05, 0) is 36.8 Å². The summed E-state index contributed by atoms with van der Waals surface area (Å²) in [5.41, 5.74) is 2.19. The van der Waals surface area contributed by atoms with Crippen LogP contribution in [-0.2, 0) is 11.2 Å². The average molecular weight is 349 g/mol. The van der Waals surface area contributed by atoms with E-state index < -0.39 is 0 Å². The lowest BCUT2D eigenvalue weighted by Crippen LogP contribution is -2.28. The minimum Gasteiger partial charge on any atom is -0.356 e. The Labute approximate surface area is 143 Å². The Bertz CT molecular complexity index is 861. The number of hydrogen-bond donors (Lipinski definition) is 1. The zero-order valence-corrected chi connectivity index (χ0v) is 13.9. The highest BCUT2D eigenvalue weighted by Crippen LogP contribution is 2.25. The van der Waals surface area contributed by atoms with Crippen molar-refractivity contribution < 1.29 is 9.32 Å². The summed E-state index contributed by atoms with van der Waals surface area (Å²) in [5.74, 6) is -0.136. The molecule has 0 aliphatic rings. The first-order valence-corrected chi connectivity index (χ1v) is 7.88. The lowest BCUT2D eigenvalue weighted by Gasteiger charge is -2.14. The molecule has 4 nitrogen and oxygen atoms in total. The number of fused-ring (bicyclic) bond motifs is 1. The van der Waals surface area contributed by atoms with Crippen LogP contribution in [0.5, 0.6) is 0 Å². The van der Waals surface area contributed by atoms with Gasteiger partial charge in [0.15, 0.2) is 5.58 Å².